The number of aliphatic hydroxyl groups excluding tert-OH is 8. The molecule has 12 nitrogen and oxygen atoms in total. The lowest BCUT2D eigenvalue weighted by Gasteiger charge is -2.42. The molecule has 1 aliphatic heterocycles. The van der Waals surface area contributed by atoms with Gasteiger partial charge in [0.15, 0.2) is 12.4 Å². The highest BCUT2D eigenvalue weighted by molar-refractivity contribution is 5.72. The fourth-order valence-corrected chi connectivity index (χ4v) is 2.16. The molecule has 142 valence electrons. The molecular formula is C12H22O12. The summed E-state index contributed by atoms with van der Waals surface area (Å²) in [6.07, 6.45) is -16.9. The van der Waals surface area contributed by atoms with Gasteiger partial charge in [-0.15, -0.1) is 0 Å². The SMILES string of the molecule is O=C(O)[C@H](O)[C@H](O)[C@H](O[C@H]1O[C@H](CO)[C@@H](O)[C@H](O)[C@H]1O)[C@H](O)CO. The number of hydrogen-bond acceptors (Lipinski definition) is 11. The summed E-state index contributed by atoms with van der Waals surface area (Å²) >= 11 is 0. The topological polar surface area (TPSA) is 218 Å². The van der Waals surface area contributed by atoms with Crippen LogP contribution in [0.2, 0.25) is 0 Å². The number of carboxylic acid groups (broad SMARTS) is 1. The van der Waals surface area contributed by atoms with Gasteiger partial charge in [0.1, 0.15) is 42.7 Å². The first-order valence-electron chi connectivity index (χ1n) is 6.99. The summed E-state index contributed by atoms with van der Waals surface area (Å²) in [5.74, 6) is -1.84. The van der Waals surface area contributed by atoms with Gasteiger partial charge in [0.25, 0.3) is 0 Å². The van der Waals surface area contributed by atoms with Crippen LogP contribution in [-0.2, 0) is 14.3 Å². The molecule has 0 aromatic heterocycles. The molecule has 1 aliphatic rings. The minimum absolute atomic E-state index is 0.766. The van der Waals surface area contributed by atoms with Crippen molar-refractivity contribution in [3.05, 3.63) is 0 Å². The second kappa shape index (κ2) is 8.96. The number of aliphatic hydroxyl groups is 8. The Labute approximate surface area is 135 Å². The minimum atomic E-state index is -2.39. The van der Waals surface area contributed by atoms with E-state index in [2.05, 4.69) is 0 Å². The van der Waals surface area contributed by atoms with E-state index in [9.17, 15) is 35.4 Å². The number of carbonyl (C=O) groups is 1. The fourth-order valence-electron chi connectivity index (χ4n) is 2.16. The van der Waals surface area contributed by atoms with Crippen molar-refractivity contribution in [3.63, 3.8) is 0 Å². The maximum absolute atomic E-state index is 10.7. The molecule has 0 radical (unpaired) electrons. The van der Waals surface area contributed by atoms with Gasteiger partial charge in [-0.25, -0.2) is 4.79 Å². The second-order valence-electron chi connectivity index (χ2n) is 5.32. The van der Waals surface area contributed by atoms with Gasteiger partial charge in [0, 0.05) is 0 Å². The van der Waals surface area contributed by atoms with Crippen LogP contribution in [0.15, 0.2) is 0 Å². The Hall–Kier alpha value is -0.930. The van der Waals surface area contributed by atoms with Crippen LogP contribution in [0.5, 0.6) is 0 Å². The molecule has 0 aromatic rings. The van der Waals surface area contributed by atoms with Gasteiger partial charge in [-0.2, -0.15) is 0 Å². The smallest absolute Gasteiger partial charge is 0.335 e. The summed E-state index contributed by atoms with van der Waals surface area (Å²) in [6.45, 7) is -1.76. The third kappa shape index (κ3) is 4.58. The van der Waals surface area contributed by atoms with E-state index in [0.29, 0.717) is 0 Å². The Kier molecular flexibility index (Phi) is 7.88. The fraction of sp³-hybridized carbons (Fsp3) is 0.917. The van der Waals surface area contributed by atoms with Crippen LogP contribution in [0.4, 0.5) is 0 Å². The third-order valence-electron chi connectivity index (χ3n) is 3.62. The van der Waals surface area contributed by atoms with Crippen molar-refractivity contribution in [1.29, 1.82) is 0 Å². The molecule has 0 bridgehead atoms. The summed E-state index contributed by atoms with van der Waals surface area (Å²) in [4.78, 5) is 10.7. The Morgan fingerprint density at radius 3 is 2.08 bits per heavy atom. The molecule has 1 fully saturated rings. The molecule has 9 atom stereocenters. The van der Waals surface area contributed by atoms with Crippen LogP contribution in [0.1, 0.15) is 0 Å². The molecular weight excluding hydrogens is 336 g/mol. The van der Waals surface area contributed by atoms with Gasteiger partial charge in [-0.3, -0.25) is 0 Å². The quantitative estimate of drug-likeness (QED) is 0.198. The molecule has 1 rings (SSSR count). The number of hydrogen-bond donors (Lipinski definition) is 9. The Morgan fingerprint density at radius 2 is 1.62 bits per heavy atom. The summed E-state index contributed by atoms with van der Waals surface area (Å²) < 4.78 is 9.98. The molecule has 12 heteroatoms. The standard InChI is InChI=1S/C12H22O12/c13-1-3(15)10(7(18)8(19)11(21)22)24-12-9(20)6(17)5(16)4(2-14)23-12/h3-10,12-20H,1-2H2,(H,21,22)/t3-,4-,5-,6+,7+,8-,9-,10-,12-/m1/s1. The monoisotopic (exact) mass is 358 g/mol. The summed E-state index contributed by atoms with van der Waals surface area (Å²) in [7, 11) is 0. The molecule has 0 unspecified atom stereocenters. The summed E-state index contributed by atoms with van der Waals surface area (Å²) in [5, 5.41) is 84.5. The first-order chi connectivity index (χ1) is 11.1. The zero-order valence-corrected chi connectivity index (χ0v) is 12.4. The maximum atomic E-state index is 10.7. The molecule has 9 N–H and O–H groups in total. The first kappa shape index (κ1) is 21.1. The molecule has 1 heterocycles. The lowest BCUT2D eigenvalue weighted by molar-refractivity contribution is -0.326. The highest BCUT2D eigenvalue weighted by Crippen LogP contribution is 2.24. The number of rotatable bonds is 8. The molecule has 1 saturated heterocycles. The van der Waals surface area contributed by atoms with Crippen molar-refractivity contribution in [2.45, 2.75) is 55.1 Å². The van der Waals surface area contributed by atoms with E-state index in [1.807, 2.05) is 0 Å². The van der Waals surface area contributed by atoms with E-state index in [1.54, 1.807) is 0 Å². The van der Waals surface area contributed by atoms with Crippen molar-refractivity contribution in [2.75, 3.05) is 13.2 Å². The normalized spacial score (nSPS) is 35.9. The molecule has 0 aliphatic carbocycles. The highest BCUT2D eigenvalue weighted by atomic mass is 16.7. The van der Waals surface area contributed by atoms with Crippen molar-refractivity contribution >= 4 is 5.97 Å². The average Bonchev–Trinajstić information content (AvgIpc) is 2.57. The number of carboxylic acids is 1. The van der Waals surface area contributed by atoms with E-state index in [-0.39, 0.29) is 0 Å². The van der Waals surface area contributed by atoms with Crippen molar-refractivity contribution in [1.82, 2.24) is 0 Å². The van der Waals surface area contributed by atoms with Crippen LogP contribution < -0.4 is 0 Å². The zero-order chi connectivity index (χ0) is 18.6. The predicted octanol–water partition coefficient (Wildman–Crippen LogP) is -5.67. The van der Waals surface area contributed by atoms with Crippen molar-refractivity contribution in [3.8, 4) is 0 Å². The van der Waals surface area contributed by atoms with Gasteiger partial charge in [-0.05, 0) is 0 Å². The summed E-state index contributed by atoms with van der Waals surface area (Å²) in [5.41, 5.74) is 0. The molecule has 0 aromatic carbocycles. The van der Waals surface area contributed by atoms with Gasteiger partial charge in [0.2, 0.25) is 0 Å². The molecule has 0 saturated carbocycles. The number of ether oxygens (including phenoxy) is 2. The van der Waals surface area contributed by atoms with Crippen LogP contribution in [0.25, 0.3) is 0 Å². The first-order valence-corrected chi connectivity index (χ1v) is 6.99. The molecule has 0 amide bonds. The molecule has 0 spiro atoms. The van der Waals surface area contributed by atoms with E-state index >= 15 is 0 Å². The van der Waals surface area contributed by atoms with E-state index < -0.39 is 74.3 Å². The lowest BCUT2D eigenvalue weighted by Crippen LogP contribution is -2.61. The number of aliphatic carboxylic acids is 1. The van der Waals surface area contributed by atoms with Gasteiger partial charge < -0.3 is 55.4 Å². The van der Waals surface area contributed by atoms with E-state index in [1.165, 1.54) is 0 Å². The van der Waals surface area contributed by atoms with Crippen LogP contribution in [0.3, 0.4) is 0 Å². The van der Waals surface area contributed by atoms with Gasteiger partial charge in [0.05, 0.1) is 13.2 Å². The van der Waals surface area contributed by atoms with Crippen LogP contribution >= 0.6 is 0 Å². The lowest BCUT2D eigenvalue weighted by atomic mass is 9.98. The Morgan fingerprint density at radius 1 is 1.04 bits per heavy atom. The largest absolute Gasteiger partial charge is 0.479 e. The van der Waals surface area contributed by atoms with Gasteiger partial charge in [-0.1, -0.05) is 0 Å². The van der Waals surface area contributed by atoms with Crippen LogP contribution in [-0.4, -0.2) is 120 Å². The molecule has 24 heavy (non-hydrogen) atoms. The van der Waals surface area contributed by atoms with Crippen LogP contribution in [0, 0.1) is 0 Å². The van der Waals surface area contributed by atoms with E-state index in [4.69, 9.17) is 24.8 Å². The Balaban J connectivity index is 2.94. The zero-order valence-electron chi connectivity index (χ0n) is 12.4. The predicted molar refractivity (Wildman–Crippen MR) is 71.4 cm³/mol. The average molecular weight is 358 g/mol. The van der Waals surface area contributed by atoms with Crippen molar-refractivity contribution in [2.24, 2.45) is 0 Å². The summed E-state index contributed by atoms with van der Waals surface area (Å²) in [6, 6.07) is 0. The highest BCUT2D eigenvalue weighted by Gasteiger charge is 2.47. The third-order valence-corrected chi connectivity index (χ3v) is 3.62. The van der Waals surface area contributed by atoms with Gasteiger partial charge >= 0.3 is 5.97 Å². The van der Waals surface area contributed by atoms with E-state index in [0.717, 1.165) is 0 Å². The van der Waals surface area contributed by atoms with Crippen molar-refractivity contribution < 1.29 is 60.2 Å². The Bertz CT molecular complexity index is 403. The second-order valence-corrected chi connectivity index (χ2v) is 5.32. The minimum Gasteiger partial charge on any atom is -0.479 e. The maximum Gasteiger partial charge on any atom is 0.335 e.